The molecule has 1 amide bonds. The first-order valence-electron chi connectivity index (χ1n) is 10.5. The van der Waals surface area contributed by atoms with E-state index in [2.05, 4.69) is 19.7 Å². The number of sulfonamides is 1. The van der Waals surface area contributed by atoms with Gasteiger partial charge in [-0.2, -0.15) is 8.42 Å². The van der Waals surface area contributed by atoms with E-state index in [-0.39, 0.29) is 16.8 Å². The Morgan fingerprint density at radius 3 is 2.70 bits per heavy atom. The average molecular weight is 464 g/mol. The number of aromatic nitrogens is 2. The number of anilines is 1. The molecule has 2 aromatic carbocycles. The van der Waals surface area contributed by atoms with Crippen LogP contribution in [-0.2, 0) is 14.8 Å². The van der Waals surface area contributed by atoms with Crippen molar-refractivity contribution in [2.75, 3.05) is 11.9 Å². The molecule has 3 heterocycles. The molecule has 0 aliphatic carbocycles. The van der Waals surface area contributed by atoms with E-state index in [1.807, 2.05) is 6.92 Å². The second kappa shape index (κ2) is 8.28. The van der Waals surface area contributed by atoms with Gasteiger partial charge in [-0.1, -0.05) is 12.1 Å². The molecule has 1 atom stereocenters. The second-order valence-corrected chi connectivity index (χ2v) is 9.41. The van der Waals surface area contributed by atoms with Gasteiger partial charge in [-0.25, -0.2) is 9.97 Å². The highest BCUT2D eigenvalue weighted by molar-refractivity contribution is 7.90. The smallest absolute Gasteiger partial charge is 0.321 e. The number of carbonyl (C=O) groups is 1. The van der Waals surface area contributed by atoms with Gasteiger partial charge in [-0.15, -0.1) is 4.40 Å². The standard InChI is InChI=1S/C23H21N5O4S/c1-15-14-16(32-23-24-11-5-12-25-23)9-10-18(15)26-22(29)19-7-4-13-28(19)21-17-6-2-3-8-20(17)33(30,31)27-21/h2-3,5-6,8-12,14,19H,4,7,13H2,1H3,(H,26,29)/t19-/m0/s1. The van der Waals surface area contributed by atoms with Gasteiger partial charge < -0.3 is 15.0 Å². The second-order valence-electron chi connectivity index (χ2n) is 7.84. The molecule has 2 aliphatic heterocycles. The number of nitrogens with zero attached hydrogens (tertiary/aromatic N) is 4. The average Bonchev–Trinajstić information content (AvgIpc) is 3.39. The highest BCUT2D eigenvalue weighted by atomic mass is 32.2. The van der Waals surface area contributed by atoms with Gasteiger partial charge in [0.05, 0.1) is 0 Å². The minimum Gasteiger partial charge on any atom is -0.424 e. The molecule has 10 heteroatoms. The van der Waals surface area contributed by atoms with Crippen molar-refractivity contribution in [3.63, 3.8) is 0 Å². The fourth-order valence-electron chi connectivity index (χ4n) is 4.09. The van der Waals surface area contributed by atoms with Crippen LogP contribution in [-0.4, -0.2) is 47.6 Å². The van der Waals surface area contributed by atoms with Crippen molar-refractivity contribution in [3.05, 3.63) is 72.1 Å². The SMILES string of the molecule is Cc1cc(Oc2ncccn2)ccc1NC(=O)[C@@H]1CCCN1C1=NS(=O)(=O)c2ccccc21. The third kappa shape index (κ3) is 4.05. The van der Waals surface area contributed by atoms with Crippen molar-refractivity contribution < 1.29 is 17.9 Å². The quantitative estimate of drug-likeness (QED) is 0.632. The van der Waals surface area contributed by atoms with E-state index in [0.717, 1.165) is 12.0 Å². The van der Waals surface area contributed by atoms with E-state index < -0.39 is 16.1 Å². The van der Waals surface area contributed by atoms with Gasteiger partial charge in [0.2, 0.25) is 5.91 Å². The summed E-state index contributed by atoms with van der Waals surface area (Å²) in [7, 11) is -3.75. The lowest BCUT2D eigenvalue weighted by molar-refractivity contribution is -0.119. The van der Waals surface area contributed by atoms with E-state index in [4.69, 9.17) is 4.74 Å². The molecular weight excluding hydrogens is 442 g/mol. The Hall–Kier alpha value is -3.79. The molecule has 0 saturated carbocycles. The molecule has 2 aliphatic rings. The molecule has 1 saturated heterocycles. The molecule has 1 fully saturated rings. The Labute approximate surface area is 191 Å². The molecule has 1 aromatic heterocycles. The number of carbonyl (C=O) groups excluding carboxylic acids is 1. The van der Waals surface area contributed by atoms with Crippen LogP contribution in [0.5, 0.6) is 11.8 Å². The number of fused-ring (bicyclic) bond motifs is 1. The maximum Gasteiger partial charge on any atom is 0.321 e. The van der Waals surface area contributed by atoms with Crippen molar-refractivity contribution in [2.24, 2.45) is 4.40 Å². The number of likely N-dealkylation sites (tertiary alicyclic amines) is 1. The summed E-state index contributed by atoms with van der Waals surface area (Å²) in [5.41, 5.74) is 2.00. The minimum absolute atomic E-state index is 0.180. The maximum atomic E-state index is 13.2. The van der Waals surface area contributed by atoms with E-state index in [1.54, 1.807) is 65.8 Å². The third-order valence-corrected chi connectivity index (χ3v) is 6.97. The summed E-state index contributed by atoms with van der Waals surface area (Å²) in [5, 5.41) is 2.97. The zero-order valence-electron chi connectivity index (χ0n) is 17.8. The van der Waals surface area contributed by atoms with Crippen molar-refractivity contribution >= 4 is 27.5 Å². The number of hydrogen-bond donors (Lipinski definition) is 1. The van der Waals surface area contributed by atoms with Crippen LogP contribution >= 0.6 is 0 Å². The van der Waals surface area contributed by atoms with Crippen LogP contribution in [0.2, 0.25) is 0 Å². The number of ether oxygens (including phenoxy) is 1. The number of hydrogen-bond acceptors (Lipinski definition) is 7. The monoisotopic (exact) mass is 463 g/mol. The highest BCUT2D eigenvalue weighted by Crippen LogP contribution is 2.32. The molecule has 0 spiro atoms. The molecule has 0 radical (unpaired) electrons. The Morgan fingerprint density at radius 1 is 1.12 bits per heavy atom. The Kier molecular flexibility index (Phi) is 5.29. The van der Waals surface area contributed by atoms with Crippen LogP contribution < -0.4 is 10.1 Å². The van der Waals surface area contributed by atoms with Crippen LogP contribution in [0.15, 0.2) is 70.2 Å². The molecule has 168 valence electrons. The first-order valence-corrected chi connectivity index (χ1v) is 11.9. The molecule has 0 unspecified atom stereocenters. The largest absolute Gasteiger partial charge is 0.424 e. The number of amidine groups is 1. The summed E-state index contributed by atoms with van der Waals surface area (Å²) in [6, 6.07) is 13.4. The summed E-state index contributed by atoms with van der Waals surface area (Å²) < 4.78 is 34.5. The van der Waals surface area contributed by atoms with Crippen LogP contribution in [0, 0.1) is 6.92 Å². The topological polar surface area (TPSA) is 114 Å². The first kappa shape index (κ1) is 21.1. The van der Waals surface area contributed by atoms with Gasteiger partial charge in [-0.05, 0) is 61.7 Å². The summed E-state index contributed by atoms with van der Waals surface area (Å²) in [5.74, 6) is 0.688. The molecule has 33 heavy (non-hydrogen) atoms. The van der Waals surface area contributed by atoms with Gasteiger partial charge in [0.25, 0.3) is 10.0 Å². The lowest BCUT2D eigenvalue weighted by Gasteiger charge is -2.26. The minimum atomic E-state index is -3.75. The van der Waals surface area contributed by atoms with E-state index >= 15 is 0 Å². The fraction of sp³-hybridized carbons (Fsp3) is 0.217. The maximum absolute atomic E-state index is 13.2. The van der Waals surface area contributed by atoms with Gasteiger partial charge in [0.1, 0.15) is 16.7 Å². The van der Waals surface area contributed by atoms with Gasteiger partial charge in [-0.3, -0.25) is 4.79 Å². The third-order valence-electron chi connectivity index (χ3n) is 5.65. The van der Waals surface area contributed by atoms with Crippen LogP contribution in [0.1, 0.15) is 24.0 Å². The van der Waals surface area contributed by atoms with Crippen molar-refractivity contribution in [1.82, 2.24) is 14.9 Å². The Bertz CT molecular complexity index is 1360. The van der Waals surface area contributed by atoms with Crippen LogP contribution in [0.4, 0.5) is 5.69 Å². The molecule has 3 aromatic rings. The lowest BCUT2D eigenvalue weighted by Crippen LogP contribution is -2.43. The normalized spacial score (nSPS) is 18.5. The molecule has 5 rings (SSSR count). The van der Waals surface area contributed by atoms with Crippen molar-refractivity contribution in [2.45, 2.75) is 30.7 Å². The van der Waals surface area contributed by atoms with Gasteiger partial charge >= 0.3 is 6.01 Å². The summed E-state index contributed by atoms with van der Waals surface area (Å²) >= 11 is 0. The highest BCUT2D eigenvalue weighted by Gasteiger charge is 2.39. The Morgan fingerprint density at radius 2 is 1.91 bits per heavy atom. The van der Waals surface area contributed by atoms with Crippen molar-refractivity contribution in [3.8, 4) is 11.8 Å². The zero-order chi connectivity index (χ0) is 23.0. The number of nitrogens with one attached hydrogen (secondary N) is 1. The van der Waals surface area contributed by atoms with Crippen molar-refractivity contribution in [1.29, 1.82) is 0 Å². The van der Waals surface area contributed by atoms with E-state index in [9.17, 15) is 13.2 Å². The van der Waals surface area contributed by atoms with E-state index in [0.29, 0.717) is 35.8 Å². The van der Waals surface area contributed by atoms with Crippen LogP contribution in [0.3, 0.4) is 0 Å². The molecular formula is C23H21N5O4S. The van der Waals surface area contributed by atoms with Gasteiger partial charge in [0, 0.05) is 30.2 Å². The predicted octanol–water partition coefficient (Wildman–Crippen LogP) is 3.13. The molecule has 9 nitrogen and oxygen atoms in total. The number of aryl methyl sites for hydroxylation is 1. The lowest BCUT2D eigenvalue weighted by atomic mass is 10.1. The van der Waals surface area contributed by atoms with Gasteiger partial charge in [0.15, 0.2) is 5.84 Å². The number of rotatable bonds is 4. The Balaban J connectivity index is 1.34. The molecule has 1 N–H and O–H groups in total. The summed E-state index contributed by atoms with van der Waals surface area (Å²) in [6.07, 6.45) is 4.56. The fourth-order valence-corrected chi connectivity index (χ4v) is 5.30. The number of amides is 1. The van der Waals surface area contributed by atoms with Crippen LogP contribution in [0.25, 0.3) is 0 Å². The predicted molar refractivity (Wildman–Crippen MR) is 122 cm³/mol. The summed E-state index contributed by atoms with van der Waals surface area (Å²) in [6.45, 7) is 2.42. The summed E-state index contributed by atoms with van der Waals surface area (Å²) in [4.78, 5) is 23.2. The van der Waals surface area contributed by atoms with E-state index in [1.165, 1.54) is 0 Å². The number of benzene rings is 2. The zero-order valence-corrected chi connectivity index (χ0v) is 18.6. The first-order chi connectivity index (χ1) is 15.9. The molecule has 0 bridgehead atoms.